The smallest absolute Gasteiger partial charge is 0.221 e. The second kappa shape index (κ2) is 7.17. The molecule has 9 nitrogen and oxygen atoms in total. The van der Waals surface area contributed by atoms with Crippen molar-refractivity contribution in [1.82, 2.24) is 19.9 Å². The summed E-state index contributed by atoms with van der Waals surface area (Å²) in [5.41, 5.74) is 4.24. The first kappa shape index (κ1) is 17.8. The largest absolute Gasteiger partial charge is 0.377 e. The molecule has 142 valence electrons. The number of imidazole rings is 1. The Balaban J connectivity index is 1.70. The summed E-state index contributed by atoms with van der Waals surface area (Å²) in [7, 11) is 0. The van der Waals surface area contributed by atoms with Crippen LogP contribution in [0.25, 0.3) is 5.65 Å². The number of fused-ring (bicyclic) bond motifs is 1. The summed E-state index contributed by atoms with van der Waals surface area (Å²) in [6.07, 6.45) is 1.51. The van der Waals surface area contributed by atoms with E-state index in [-0.39, 0.29) is 5.91 Å². The van der Waals surface area contributed by atoms with Gasteiger partial charge in [-0.25, -0.2) is 4.98 Å². The molecule has 1 fully saturated rings. The predicted molar refractivity (Wildman–Crippen MR) is 107 cm³/mol. The van der Waals surface area contributed by atoms with E-state index in [0.29, 0.717) is 23.2 Å². The molecule has 28 heavy (non-hydrogen) atoms. The molecule has 3 aromatic rings. The molecule has 0 unspecified atom stereocenters. The molecule has 0 saturated carbocycles. The van der Waals surface area contributed by atoms with Gasteiger partial charge in [-0.2, -0.15) is 9.78 Å². The van der Waals surface area contributed by atoms with Gasteiger partial charge in [0, 0.05) is 37.5 Å². The van der Waals surface area contributed by atoms with Gasteiger partial charge in [0.1, 0.15) is 6.07 Å². The monoisotopic (exact) mass is 376 g/mol. The van der Waals surface area contributed by atoms with E-state index < -0.39 is 0 Å². The number of hydrogen-bond donors (Lipinski definition) is 4. The van der Waals surface area contributed by atoms with Crippen molar-refractivity contribution in [2.75, 3.05) is 29.0 Å². The summed E-state index contributed by atoms with van der Waals surface area (Å²) in [5.74, 6) is 0.437. The number of anilines is 4. The van der Waals surface area contributed by atoms with Gasteiger partial charge in [0.05, 0.1) is 17.9 Å². The SMILES string of the molecule is CC(=O)Nc1cc(Nc2cc(NC3CNC3)c3ncc(C#N)n3n2)ccc1C. The lowest BCUT2D eigenvalue weighted by atomic mass is 10.1. The summed E-state index contributed by atoms with van der Waals surface area (Å²) in [6.45, 7) is 5.16. The molecule has 0 spiro atoms. The molecule has 4 N–H and O–H groups in total. The van der Waals surface area contributed by atoms with E-state index in [4.69, 9.17) is 0 Å². The van der Waals surface area contributed by atoms with Crippen molar-refractivity contribution >= 4 is 34.4 Å². The molecule has 2 aromatic heterocycles. The third-order valence-electron chi connectivity index (χ3n) is 4.54. The molecular weight excluding hydrogens is 356 g/mol. The number of carbonyl (C=O) groups is 1. The van der Waals surface area contributed by atoms with Crippen molar-refractivity contribution in [2.45, 2.75) is 19.9 Å². The van der Waals surface area contributed by atoms with Crippen molar-refractivity contribution in [1.29, 1.82) is 5.26 Å². The average Bonchev–Trinajstić information content (AvgIpc) is 3.03. The minimum Gasteiger partial charge on any atom is -0.377 e. The first-order valence-electron chi connectivity index (χ1n) is 8.95. The van der Waals surface area contributed by atoms with Crippen LogP contribution in [0.15, 0.2) is 30.5 Å². The molecule has 1 saturated heterocycles. The predicted octanol–water partition coefficient (Wildman–Crippen LogP) is 2.00. The molecule has 1 amide bonds. The van der Waals surface area contributed by atoms with Crippen LogP contribution in [0.3, 0.4) is 0 Å². The van der Waals surface area contributed by atoms with Crippen LogP contribution >= 0.6 is 0 Å². The van der Waals surface area contributed by atoms with E-state index in [9.17, 15) is 10.1 Å². The maximum absolute atomic E-state index is 11.4. The standard InChI is InChI=1S/C19H20N8O/c1-11-3-4-13(5-16(11)23-12(2)28)25-18-6-17(24-14-8-21-9-14)19-22-10-15(7-20)27(19)26-18/h3-6,10,14,21,24H,8-9H2,1-2H3,(H,23,28)(H,25,26). The normalized spacial score (nSPS) is 13.6. The zero-order valence-corrected chi connectivity index (χ0v) is 15.6. The second-order valence-corrected chi connectivity index (χ2v) is 6.77. The molecule has 0 bridgehead atoms. The molecule has 9 heteroatoms. The van der Waals surface area contributed by atoms with E-state index in [2.05, 4.69) is 37.4 Å². The van der Waals surface area contributed by atoms with E-state index >= 15 is 0 Å². The van der Waals surface area contributed by atoms with Gasteiger partial charge in [-0.3, -0.25) is 4.79 Å². The Kier molecular flexibility index (Phi) is 4.55. The number of rotatable bonds is 5. The van der Waals surface area contributed by atoms with Crippen LogP contribution in [-0.2, 0) is 4.79 Å². The van der Waals surface area contributed by atoms with Gasteiger partial charge in [-0.1, -0.05) is 6.07 Å². The van der Waals surface area contributed by atoms with Crippen LogP contribution in [0.5, 0.6) is 0 Å². The first-order valence-corrected chi connectivity index (χ1v) is 8.95. The Morgan fingerprint density at radius 1 is 1.32 bits per heavy atom. The van der Waals surface area contributed by atoms with Gasteiger partial charge in [-0.05, 0) is 24.6 Å². The maximum Gasteiger partial charge on any atom is 0.221 e. The van der Waals surface area contributed by atoms with Gasteiger partial charge in [0.25, 0.3) is 0 Å². The van der Waals surface area contributed by atoms with Crippen LogP contribution in [-0.4, -0.2) is 39.6 Å². The molecule has 0 atom stereocenters. The van der Waals surface area contributed by atoms with E-state index in [1.165, 1.54) is 17.6 Å². The zero-order chi connectivity index (χ0) is 19.7. The fraction of sp³-hybridized carbons (Fsp3) is 0.263. The average molecular weight is 376 g/mol. The number of amides is 1. The molecule has 0 aliphatic carbocycles. The maximum atomic E-state index is 11.4. The molecule has 1 aromatic carbocycles. The van der Waals surface area contributed by atoms with Crippen molar-refractivity contribution < 1.29 is 4.79 Å². The zero-order valence-electron chi connectivity index (χ0n) is 15.6. The fourth-order valence-electron chi connectivity index (χ4n) is 2.99. The lowest BCUT2D eigenvalue weighted by Crippen LogP contribution is -2.51. The highest BCUT2D eigenvalue weighted by Gasteiger charge is 2.19. The highest BCUT2D eigenvalue weighted by Crippen LogP contribution is 2.26. The van der Waals surface area contributed by atoms with Crippen molar-refractivity contribution in [3.05, 3.63) is 41.7 Å². The number of benzene rings is 1. The molecule has 3 heterocycles. The van der Waals surface area contributed by atoms with Gasteiger partial charge in [0.2, 0.25) is 5.91 Å². The quantitative estimate of drug-likeness (QED) is 0.538. The molecule has 4 rings (SSSR count). The highest BCUT2D eigenvalue weighted by molar-refractivity contribution is 5.90. The number of aryl methyl sites for hydroxylation is 1. The van der Waals surface area contributed by atoms with Crippen molar-refractivity contribution in [3.63, 3.8) is 0 Å². The number of nitrogens with zero attached hydrogens (tertiary/aromatic N) is 4. The topological polar surface area (TPSA) is 119 Å². The third kappa shape index (κ3) is 3.45. The minimum atomic E-state index is -0.127. The van der Waals surface area contributed by atoms with Gasteiger partial charge >= 0.3 is 0 Å². The van der Waals surface area contributed by atoms with E-state index in [1.807, 2.05) is 31.2 Å². The van der Waals surface area contributed by atoms with Gasteiger partial charge < -0.3 is 21.3 Å². The van der Waals surface area contributed by atoms with Crippen molar-refractivity contribution in [3.8, 4) is 6.07 Å². The first-order chi connectivity index (χ1) is 13.5. The molecule has 1 aliphatic heterocycles. The lowest BCUT2D eigenvalue weighted by molar-refractivity contribution is -0.114. The van der Waals surface area contributed by atoms with Crippen LogP contribution in [0, 0.1) is 18.3 Å². The Morgan fingerprint density at radius 2 is 2.14 bits per heavy atom. The summed E-state index contributed by atoms with van der Waals surface area (Å²) >= 11 is 0. The highest BCUT2D eigenvalue weighted by atomic mass is 16.1. The van der Waals surface area contributed by atoms with Crippen LogP contribution in [0.2, 0.25) is 0 Å². The van der Waals surface area contributed by atoms with Crippen LogP contribution in [0.4, 0.5) is 22.9 Å². The van der Waals surface area contributed by atoms with E-state index in [0.717, 1.165) is 35.7 Å². The van der Waals surface area contributed by atoms with Crippen molar-refractivity contribution in [2.24, 2.45) is 0 Å². The Hall–Kier alpha value is -3.64. The number of aromatic nitrogens is 3. The summed E-state index contributed by atoms with van der Waals surface area (Å²) in [5, 5.41) is 26.6. The third-order valence-corrected chi connectivity index (χ3v) is 4.54. The van der Waals surface area contributed by atoms with Crippen LogP contribution < -0.4 is 21.3 Å². The Bertz CT molecular complexity index is 1090. The van der Waals surface area contributed by atoms with Gasteiger partial charge in [0.15, 0.2) is 17.2 Å². The molecule has 1 aliphatic rings. The van der Waals surface area contributed by atoms with Crippen LogP contribution in [0.1, 0.15) is 18.2 Å². The second-order valence-electron chi connectivity index (χ2n) is 6.77. The number of nitriles is 1. The molecule has 0 radical (unpaired) electrons. The summed E-state index contributed by atoms with van der Waals surface area (Å²) in [6, 6.07) is 9.98. The number of carbonyl (C=O) groups excluding carboxylic acids is 1. The molecular formula is C19H20N8O. The Morgan fingerprint density at radius 3 is 2.82 bits per heavy atom. The van der Waals surface area contributed by atoms with E-state index in [1.54, 1.807) is 0 Å². The fourth-order valence-corrected chi connectivity index (χ4v) is 2.99. The lowest BCUT2D eigenvalue weighted by Gasteiger charge is -2.29. The van der Waals surface area contributed by atoms with Gasteiger partial charge in [-0.15, -0.1) is 5.10 Å². The number of nitrogens with one attached hydrogen (secondary N) is 4. The Labute approximate surface area is 161 Å². The summed E-state index contributed by atoms with van der Waals surface area (Å²) < 4.78 is 1.53. The number of hydrogen-bond acceptors (Lipinski definition) is 7. The summed E-state index contributed by atoms with van der Waals surface area (Å²) in [4.78, 5) is 15.7. The minimum absolute atomic E-state index is 0.127.